The number of aryl methyl sites for hydroxylation is 2. The van der Waals surface area contributed by atoms with Crippen molar-refractivity contribution in [1.82, 2.24) is 5.43 Å². The Labute approximate surface area is 151 Å². The molecule has 0 bridgehead atoms. The lowest BCUT2D eigenvalue weighted by molar-refractivity contribution is -0.123. The van der Waals surface area contributed by atoms with Crippen molar-refractivity contribution in [2.75, 3.05) is 6.61 Å². The number of halogens is 2. The summed E-state index contributed by atoms with van der Waals surface area (Å²) in [6.07, 6.45) is 0. The molecule has 126 valence electrons. The van der Waals surface area contributed by atoms with Crippen LogP contribution in [0.5, 0.6) is 5.75 Å². The van der Waals surface area contributed by atoms with Crippen LogP contribution >= 0.6 is 23.2 Å². The van der Waals surface area contributed by atoms with Gasteiger partial charge in [0.15, 0.2) is 6.61 Å². The van der Waals surface area contributed by atoms with Crippen molar-refractivity contribution in [2.45, 2.75) is 20.8 Å². The van der Waals surface area contributed by atoms with E-state index in [9.17, 15) is 4.79 Å². The van der Waals surface area contributed by atoms with Crippen LogP contribution in [0.15, 0.2) is 41.5 Å². The summed E-state index contributed by atoms with van der Waals surface area (Å²) in [4.78, 5) is 11.9. The smallest absolute Gasteiger partial charge is 0.277 e. The molecule has 0 radical (unpaired) electrons. The maximum atomic E-state index is 11.9. The van der Waals surface area contributed by atoms with E-state index in [1.807, 2.05) is 32.0 Å². The zero-order chi connectivity index (χ0) is 17.7. The molecule has 0 aromatic heterocycles. The van der Waals surface area contributed by atoms with Crippen LogP contribution in [-0.2, 0) is 4.79 Å². The molecule has 24 heavy (non-hydrogen) atoms. The minimum Gasteiger partial charge on any atom is -0.483 e. The van der Waals surface area contributed by atoms with Crippen LogP contribution < -0.4 is 10.2 Å². The molecular weight excluding hydrogens is 347 g/mol. The number of ether oxygens (including phenoxy) is 1. The topological polar surface area (TPSA) is 50.7 Å². The second kappa shape index (κ2) is 8.18. The Morgan fingerprint density at radius 3 is 2.62 bits per heavy atom. The van der Waals surface area contributed by atoms with Crippen molar-refractivity contribution in [3.05, 3.63) is 63.1 Å². The molecule has 0 aliphatic carbocycles. The summed E-state index contributed by atoms with van der Waals surface area (Å²) in [6.45, 7) is 5.53. The molecule has 0 fully saturated rings. The van der Waals surface area contributed by atoms with E-state index in [0.29, 0.717) is 27.1 Å². The largest absolute Gasteiger partial charge is 0.483 e. The monoisotopic (exact) mass is 364 g/mol. The third kappa shape index (κ3) is 4.98. The van der Waals surface area contributed by atoms with Crippen LogP contribution in [0.25, 0.3) is 0 Å². The first kappa shape index (κ1) is 18.3. The molecule has 0 saturated heterocycles. The van der Waals surface area contributed by atoms with Gasteiger partial charge in [-0.25, -0.2) is 5.43 Å². The predicted molar refractivity (Wildman–Crippen MR) is 98.2 cm³/mol. The van der Waals surface area contributed by atoms with Crippen LogP contribution in [0.3, 0.4) is 0 Å². The minimum absolute atomic E-state index is 0.116. The third-order valence-corrected chi connectivity index (χ3v) is 3.92. The molecule has 0 unspecified atom stereocenters. The van der Waals surface area contributed by atoms with Gasteiger partial charge in [-0.05, 0) is 50.1 Å². The number of rotatable bonds is 5. The van der Waals surface area contributed by atoms with Gasteiger partial charge in [0.05, 0.1) is 10.7 Å². The van der Waals surface area contributed by atoms with E-state index in [1.165, 1.54) is 0 Å². The second-order valence-electron chi connectivity index (χ2n) is 5.41. The Bertz CT molecular complexity index is 789. The SMILES string of the molecule is C/C(=N/NC(=O)COc1cc(C)ccc1C)c1ccc(Cl)cc1Cl. The summed E-state index contributed by atoms with van der Waals surface area (Å²) >= 11 is 12.0. The van der Waals surface area contributed by atoms with Gasteiger partial charge in [-0.1, -0.05) is 41.4 Å². The van der Waals surface area contributed by atoms with E-state index < -0.39 is 0 Å². The quantitative estimate of drug-likeness (QED) is 0.625. The van der Waals surface area contributed by atoms with Crippen LogP contribution in [0.1, 0.15) is 23.6 Å². The number of nitrogens with zero attached hydrogens (tertiary/aromatic N) is 1. The Balaban J connectivity index is 1.95. The molecule has 4 nitrogen and oxygen atoms in total. The molecule has 6 heteroatoms. The van der Waals surface area contributed by atoms with Crippen molar-refractivity contribution >= 4 is 34.8 Å². The Hall–Kier alpha value is -2.04. The second-order valence-corrected chi connectivity index (χ2v) is 6.26. The van der Waals surface area contributed by atoms with E-state index in [2.05, 4.69) is 10.5 Å². The average molecular weight is 365 g/mol. The van der Waals surface area contributed by atoms with Gasteiger partial charge in [0.1, 0.15) is 5.75 Å². The summed E-state index contributed by atoms with van der Waals surface area (Å²) < 4.78 is 5.53. The van der Waals surface area contributed by atoms with Gasteiger partial charge in [-0.3, -0.25) is 4.79 Å². The summed E-state index contributed by atoms with van der Waals surface area (Å²) in [5.41, 5.74) is 5.79. The fraction of sp³-hybridized carbons (Fsp3) is 0.222. The van der Waals surface area contributed by atoms with Crippen LogP contribution in [0.4, 0.5) is 0 Å². The predicted octanol–water partition coefficient (Wildman–Crippen LogP) is 4.53. The summed E-state index contributed by atoms with van der Waals surface area (Å²) in [6, 6.07) is 10.9. The normalized spacial score (nSPS) is 11.3. The molecule has 1 amide bonds. The molecule has 1 N–H and O–H groups in total. The fourth-order valence-corrected chi connectivity index (χ4v) is 2.57. The number of carbonyl (C=O) groups excluding carboxylic acids is 1. The Kier molecular flexibility index (Phi) is 6.23. The third-order valence-electron chi connectivity index (χ3n) is 3.37. The number of nitrogens with one attached hydrogen (secondary N) is 1. The standard InChI is InChI=1S/C18H18Cl2N2O2/c1-11-4-5-12(2)17(8-11)24-10-18(23)22-21-13(3)15-7-6-14(19)9-16(15)20/h4-9H,10H2,1-3H3,(H,22,23)/b21-13-. The van der Waals surface area contributed by atoms with Crippen molar-refractivity contribution in [3.63, 3.8) is 0 Å². The molecule has 0 heterocycles. The van der Waals surface area contributed by atoms with E-state index in [4.69, 9.17) is 27.9 Å². The molecule has 0 atom stereocenters. The van der Waals surface area contributed by atoms with Crippen molar-refractivity contribution in [3.8, 4) is 5.75 Å². The molecule has 2 rings (SSSR count). The highest BCUT2D eigenvalue weighted by Gasteiger charge is 2.07. The molecule has 0 spiro atoms. The maximum Gasteiger partial charge on any atom is 0.277 e. The van der Waals surface area contributed by atoms with Gasteiger partial charge in [-0.2, -0.15) is 5.10 Å². The molecule has 0 aliphatic heterocycles. The molecule has 2 aromatic rings. The maximum absolute atomic E-state index is 11.9. The highest BCUT2D eigenvalue weighted by atomic mass is 35.5. The molecule has 2 aromatic carbocycles. The van der Waals surface area contributed by atoms with Gasteiger partial charge in [0.25, 0.3) is 5.91 Å². The van der Waals surface area contributed by atoms with Gasteiger partial charge in [-0.15, -0.1) is 0 Å². The first-order valence-corrected chi connectivity index (χ1v) is 8.11. The van der Waals surface area contributed by atoms with Crippen molar-refractivity contribution in [1.29, 1.82) is 0 Å². The number of carbonyl (C=O) groups is 1. The summed E-state index contributed by atoms with van der Waals surface area (Å²) in [7, 11) is 0. The molecule has 0 saturated carbocycles. The lowest BCUT2D eigenvalue weighted by Crippen LogP contribution is -2.25. The number of amides is 1. The summed E-state index contributed by atoms with van der Waals surface area (Å²) in [5.74, 6) is 0.340. The zero-order valence-electron chi connectivity index (χ0n) is 13.7. The number of hydrogen-bond donors (Lipinski definition) is 1. The number of hydrogen-bond acceptors (Lipinski definition) is 3. The highest BCUT2D eigenvalue weighted by Crippen LogP contribution is 2.21. The number of benzene rings is 2. The lowest BCUT2D eigenvalue weighted by Gasteiger charge is -2.09. The molecular formula is C18H18Cl2N2O2. The van der Waals surface area contributed by atoms with Gasteiger partial charge < -0.3 is 4.74 Å². The fourth-order valence-electron chi connectivity index (χ4n) is 2.03. The number of hydrazone groups is 1. The van der Waals surface area contributed by atoms with E-state index in [-0.39, 0.29) is 12.5 Å². The Morgan fingerprint density at radius 2 is 1.92 bits per heavy atom. The minimum atomic E-state index is -0.347. The first-order chi connectivity index (χ1) is 11.4. The summed E-state index contributed by atoms with van der Waals surface area (Å²) in [5, 5.41) is 5.07. The first-order valence-electron chi connectivity index (χ1n) is 7.35. The Morgan fingerprint density at radius 1 is 1.17 bits per heavy atom. The van der Waals surface area contributed by atoms with Gasteiger partial charge in [0, 0.05) is 10.6 Å². The van der Waals surface area contributed by atoms with Crippen molar-refractivity contribution < 1.29 is 9.53 Å². The van der Waals surface area contributed by atoms with E-state index in [1.54, 1.807) is 25.1 Å². The lowest BCUT2D eigenvalue weighted by atomic mass is 10.1. The van der Waals surface area contributed by atoms with Crippen LogP contribution in [0.2, 0.25) is 10.0 Å². The van der Waals surface area contributed by atoms with Gasteiger partial charge >= 0.3 is 0 Å². The van der Waals surface area contributed by atoms with Gasteiger partial charge in [0.2, 0.25) is 0 Å². The van der Waals surface area contributed by atoms with Crippen LogP contribution in [0, 0.1) is 13.8 Å². The van der Waals surface area contributed by atoms with E-state index >= 15 is 0 Å². The van der Waals surface area contributed by atoms with Crippen LogP contribution in [-0.4, -0.2) is 18.2 Å². The van der Waals surface area contributed by atoms with Crippen molar-refractivity contribution in [2.24, 2.45) is 5.10 Å². The highest BCUT2D eigenvalue weighted by molar-refractivity contribution is 6.37. The van der Waals surface area contributed by atoms with E-state index in [0.717, 1.165) is 11.1 Å². The molecule has 0 aliphatic rings. The zero-order valence-corrected chi connectivity index (χ0v) is 15.2. The average Bonchev–Trinajstić information content (AvgIpc) is 2.53.